The first-order chi connectivity index (χ1) is 10.3. The molecule has 2 heterocycles. The van der Waals surface area contributed by atoms with Gasteiger partial charge >= 0.3 is 0 Å². The first-order valence-electron chi connectivity index (χ1n) is 6.37. The van der Waals surface area contributed by atoms with Crippen LogP contribution in [-0.2, 0) is 11.3 Å². The molecule has 0 amide bonds. The minimum Gasteiger partial charge on any atom is -0.384 e. The fourth-order valence-corrected chi connectivity index (χ4v) is 1.91. The number of methoxy groups -OCH3 is 1. The summed E-state index contributed by atoms with van der Waals surface area (Å²) in [5, 5.41) is 8.60. The average molecular weight is 282 g/mol. The molecule has 0 saturated heterocycles. The van der Waals surface area contributed by atoms with E-state index >= 15 is 0 Å². The van der Waals surface area contributed by atoms with Crippen LogP contribution in [0.5, 0.6) is 0 Å². The maximum absolute atomic E-state index is 5.78. The average Bonchev–Trinajstić information content (AvgIpc) is 2.98. The van der Waals surface area contributed by atoms with Crippen LogP contribution in [0.1, 0.15) is 5.69 Å². The third kappa shape index (κ3) is 2.87. The molecule has 21 heavy (non-hydrogen) atoms. The van der Waals surface area contributed by atoms with E-state index < -0.39 is 0 Å². The summed E-state index contributed by atoms with van der Waals surface area (Å²) in [4.78, 5) is 10.1. The van der Waals surface area contributed by atoms with Crippen molar-refractivity contribution in [1.29, 1.82) is 0 Å². The minimum atomic E-state index is 0.368. The van der Waals surface area contributed by atoms with Crippen molar-refractivity contribution >= 4 is 5.82 Å². The molecule has 3 aromatic rings. The molecule has 1 aromatic carbocycles. The summed E-state index contributed by atoms with van der Waals surface area (Å²) in [5.41, 5.74) is 7.91. The lowest BCUT2D eigenvalue weighted by molar-refractivity contribution is 0.181. The van der Waals surface area contributed by atoms with Gasteiger partial charge in [-0.15, -0.1) is 5.10 Å². The van der Waals surface area contributed by atoms with Crippen LogP contribution in [0.4, 0.5) is 5.82 Å². The van der Waals surface area contributed by atoms with Crippen LogP contribution in [0.15, 0.2) is 42.6 Å². The quantitative estimate of drug-likeness (QED) is 0.778. The molecule has 7 nitrogen and oxygen atoms in total. The Morgan fingerprint density at radius 3 is 2.76 bits per heavy atom. The molecule has 0 unspecified atom stereocenters. The standard InChI is InChI=1S/C14H14N6O/c1-21-9-10-7-13(15)18-14(17-10)12-8-16-20(19-12)11-5-3-2-4-6-11/h2-8H,9H2,1H3,(H2,15,17,18). The lowest BCUT2D eigenvalue weighted by Crippen LogP contribution is -2.02. The summed E-state index contributed by atoms with van der Waals surface area (Å²) in [6.07, 6.45) is 1.61. The minimum absolute atomic E-state index is 0.368. The van der Waals surface area contributed by atoms with Gasteiger partial charge in [0.15, 0.2) is 11.5 Å². The third-order valence-corrected chi connectivity index (χ3v) is 2.80. The highest BCUT2D eigenvalue weighted by Crippen LogP contribution is 2.15. The number of nitrogen functional groups attached to an aromatic ring is 1. The van der Waals surface area contributed by atoms with Gasteiger partial charge in [0.2, 0.25) is 0 Å². The molecule has 106 valence electrons. The Kier molecular flexibility index (Phi) is 3.57. The zero-order valence-corrected chi connectivity index (χ0v) is 11.5. The van der Waals surface area contributed by atoms with E-state index in [9.17, 15) is 0 Å². The molecule has 0 bridgehead atoms. The number of hydrogen-bond donors (Lipinski definition) is 1. The normalized spacial score (nSPS) is 10.7. The Labute approximate surface area is 121 Å². The highest BCUT2D eigenvalue weighted by atomic mass is 16.5. The Bertz CT molecular complexity index is 740. The number of benzene rings is 1. The molecule has 7 heteroatoms. The van der Waals surface area contributed by atoms with E-state index in [0.29, 0.717) is 29.6 Å². The SMILES string of the molecule is COCc1cc(N)nc(-c2cnn(-c3ccccc3)n2)n1. The van der Waals surface area contributed by atoms with Crippen LogP contribution in [0.2, 0.25) is 0 Å². The summed E-state index contributed by atoms with van der Waals surface area (Å²) in [7, 11) is 1.60. The smallest absolute Gasteiger partial charge is 0.184 e. The van der Waals surface area contributed by atoms with Gasteiger partial charge in [0.05, 0.1) is 24.2 Å². The number of para-hydroxylation sites is 1. The maximum atomic E-state index is 5.78. The molecule has 3 rings (SSSR count). The van der Waals surface area contributed by atoms with Gasteiger partial charge in [-0.05, 0) is 12.1 Å². The molecule has 0 saturated carbocycles. The topological polar surface area (TPSA) is 91.7 Å². The lowest BCUT2D eigenvalue weighted by atomic mass is 10.3. The monoisotopic (exact) mass is 282 g/mol. The van der Waals surface area contributed by atoms with Crippen molar-refractivity contribution in [1.82, 2.24) is 25.0 Å². The molecule has 0 aliphatic heterocycles. The zero-order chi connectivity index (χ0) is 14.7. The number of hydrogen-bond acceptors (Lipinski definition) is 6. The number of rotatable bonds is 4. The summed E-state index contributed by atoms with van der Waals surface area (Å²) in [6.45, 7) is 0.368. The van der Waals surface area contributed by atoms with Crippen LogP contribution < -0.4 is 5.73 Å². The lowest BCUT2D eigenvalue weighted by Gasteiger charge is -2.03. The van der Waals surface area contributed by atoms with Crippen LogP contribution >= 0.6 is 0 Å². The van der Waals surface area contributed by atoms with E-state index in [2.05, 4.69) is 20.2 Å². The molecule has 0 fully saturated rings. The van der Waals surface area contributed by atoms with Gasteiger partial charge in [-0.3, -0.25) is 0 Å². The molecule has 0 radical (unpaired) electrons. The van der Waals surface area contributed by atoms with Crippen molar-refractivity contribution < 1.29 is 4.74 Å². The molecule has 0 spiro atoms. The van der Waals surface area contributed by atoms with Gasteiger partial charge in [-0.1, -0.05) is 18.2 Å². The van der Waals surface area contributed by atoms with E-state index in [4.69, 9.17) is 10.5 Å². The van der Waals surface area contributed by atoms with Crippen molar-refractivity contribution in [3.63, 3.8) is 0 Å². The number of nitrogens with two attached hydrogens (primary N) is 1. The summed E-state index contributed by atoms with van der Waals surface area (Å²) in [5.74, 6) is 0.811. The van der Waals surface area contributed by atoms with E-state index in [1.807, 2.05) is 30.3 Å². The molecule has 0 atom stereocenters. The first kappa shape index (κ1) is 13.2. The fraction of sp³-hybridized carbons (Fsp3) is 0.143. The fourth-order valence-electron chi connectivity index (χ4n) is 1.91. The zero-order valence-electron chi connectivity index (χ0n) is 11.5. The number of anilines is 1. The molecule has 2 aromatic heterocycles. The van der Waals surface area contributed by atoms with E-state index in [1.54, 1.807) is 19.4 Å². The first-order valence-corrected chi connectivity index (χ1v) is 6.37. The van der Waals surface area contributed by atoms with Crippen molar-refractivity contribution in [2.45, 2.75) is 6.61 Å². The molecule has 2 N–H and O–H groups in total. The Morgan fingerprint density at radius 1 is 1.19 bits per heavy atom. The van der Waals surface area contributed by atoms with Crippen molar-refractivity contribution in [2.75, 3.05) is 12.8 Å². The van der Waals surface area contributed by atoms with E-state index in [1.165, 1.54) is 4.80 Å². The predicted molar refractivity (Wildman–Crippen MR) is 77.5 cm³/mol. The highest BCUT2D eigenvalue weighted by molar-refractivity contribution is 5.50. The second-order valence-corrected chi connectivity index (χ2v) is 4.40. The van der Waals surface area contributed by atoms with Crippen molar-refractivity contribution in [3.8, 4) is 17.2 Å². The third-order valence-electron chi connectivity index (χ3n) is 2.80. The molecule has 0 aliphatic rings. The summed E-state index contributed by atoms with van der Waals surface area (Å²) < 4.78 is 5.06. The second-order valence-electron chi connectivity index (χ2n) is 4.40. The van der Waals surface area contributed by atoms with Gasteiger partial charge in [0, 0.05) is 13.2 Å². The highest BCUT2D eigenvalue weighted by Gasteiger charge is 2.10. The Hall–Kier alpha value is -2.80. The molecule has 0 aliphatic carbocycles. The maximum Gasteiger partial charge on any atom is 0.184 e. The van der Waals surface area contributed by atoms with Crippen LogP contribution in [0.25, 0.3) is 17.2 Å². The molecular formula is C14H14N6O. The second kappa shape index (κ2) is 5.68. The van der Waals surface area contributed by atoms with Gasteiger partial charge < -0.3 is 10.5 Å². The van der Waals surface area contributed by atoms with Crippen molar-refractivity contribution in [3.05, 3.63) is 48.3 Å². The van der Waals surface area contributed by atoms with Crippen molar-refractivity contribution in [2.24, 2.45) is 0 Å². The summed E-state index contributed by atoms with van der Waals surface area (Å²) in [6, 6.07) is 11.3. The van der Waals surface area contributed by atoms with Crippen LogP contribution in [-0.4, -0.2) is 32.1 Å². The number of aromatic nitrogens is 5. The number of nitrogens with zero attached hydrogens (tertiary/aromatic N) is 5. The van der Waals surface area contributed by atoms with Gasteiger partial charge in [0.1, 0.15) is 5.82 Å². The summed E-state index contributed by atoms with van der Waals surface area (Å²) >= 11 is 0. The Balaban J connectivity index is 1.96. The van der Waals surface area contributed by atoms with Gasteiger partial charge in [0.25, 0.3) is 0 Å². The van der Waals surface area contributed by atoms with Gasteiger partial charge in [-0.25, -0.2) is 9.97 Å². The van der Waals surface area contributed by atoms with E-state index in [-0.39, 0.29) is 0 Å². The molecular weight excluding hydrogens is 268 g/mol. The largest absolute Gasteiger partial charge is 0.384 e. The predicted octanol–water partition coefficient (Wildman–Crippen LogP) is 1.45. The van der Waals surface area contributed by atoms with Crippen LogP contribution in [0, 0.1) is 0 Å². The Morgan fingerprint density at radius 2 is 2.00 bits per heavy atom. The number of ether oxygens (including phenoxy) is 1. The van der Waals surface area contributed by atoms with Crippen LogP contribution in [0.3, 0.4) is 0 Å². The van der Waals surface area contributed by atoms with E-state index in [0.717, 1.165) is 5.69 Å². The van der Waals surface area contributed by atoms with Gasteiger partial charge in [-0.2, -0.15) is 9.90 Å².